The zero-order chi connectivity index (χ0) is 13.7. The Kier molecular flexibility index (Phi) is 4.68. The van der Waals surface area contributed by atoms with E-state index >= 15 is 0 Å². The molecular formula is C13H13BrFN3O. The van der Waals surface area contributed by atoms with Crippen LogP contribution in [0.5, 0.6) is 5.88 Å². The number of anilines is 1. The Morgan fingerprint density at radius 2 is 2.21 bits per heavy atom. The van der Waals surface area contributed by atoms with Gasteiger partial charge >= 0.3 is 0 Å². The molecule has 0 saturated heterocycles. The van der Waals surface area contributed by atoms with Crippen LogP contribution < -0.4 is 10.1 Å². The maximum absolute atomic E-state index is 13.5. The summed E-state index contributed by atoms with van der Waals surface area (Å²) < 4.78 is 19.6. The average molecular weight is 326 g/mol. The number of aromatic nitrogens is 2. The lowest BCUT2D eigenvalue weighted by Gasteiger charge is -2.08. The molecule has 6 heteroatoms. The summed E-state index contributed by atoms with van der Waals surface area (Å²) in [7, 11) is 0. The number of benzene rings is 1. The minimum Gasteiger partial charge on any atom is -0.478 e. The van der Waals surface area contributed by atoms with Crippen LogP contribution >= 0.6 is 15.9 Å². The van der Waals surface area contributed by atoms with Crippen LogP contribution in [-0.4, -0.2) is 16.6 Å². The van der Waals surface area contributed by atoms with Crippen LogP contribution in [0.2, 0.25) is 0 Å². The lowest BCUT2D eigenvalue weighted by atomic mass is 10.2. The molecule has 0 unspecified atom stereocenters. The van der Waals surface area contributed by atoms with Crippen molar-refractivity contribution < 1.29 is 9.13 Å². The molecule has 0 aliphatic rings. The van der Waals surface area contributed by atoms with Crippen LogP contribution in [0.4, 0.5) is 10.3 Å². The van der Waals surface area contributed by atoms with E-state index in [4.69, 9.17) is 4.74 Å². The maximum atomic E-state index is 13.5. The number of ether oxygens (including phenoxy) is 1. The Hall–Kier alpha value is -1.69. The Labute approximate surface area is 119 Å². The van der Waals surface area contributed by atoms with Crippen LogP contribution in [0.25, 0.3) is 0 Å². The molecule has 1 aromatic heterocycles. The summed E-state index contributed by atoms with van der Waals surface area (Å²) in [6.45, 7) is 2.73. The smallest absolute Gasteiger partial charge is 0.226 e. The molecular weight excluding hydrogens is 313 g/mol. The summed E-state index contributed by atoms with van der Waals surface area (Å²) >= 11 is 3.31. The third-order valence-electron chi connectivity index (χ3n) is 2.37. The van der Waals surface area contributed by atoms with Gasteiger partial charge in [-0.05, 0) is 25.1 Å². The van der Waals surface area contributed by atoms with Crippen molar-refractivity contribution in [3.05, 3.63) is 46.3 Å². The van der Waals surface area contributed by atoms with Crippen LogP contribution in [0.1, 0.15) is 12.5 Å². The number of rotatable bonds is 5. The molecule has 0 radical (unpaired) electrons. The third-order valence-corrected chi connectivity index (χ3v) is 2.86. The first kappa shape index (κ1) is 13.7. The summed E-state index contributed by atoms with van der Waals surface area (Å²) in [4.78, 5) is 8.20. The summed E-state index contributed by atoms with van der Waals surface area (Å²) in [6, 6.07) is 6.46. The van der Waals surface area contributed by atoms with E-state index in [0.717, 1.165) is 4.47 Å². The molecule has 0 bridgehead atoms. The standard InChI is InChI=1S/C13H13BrFN3O/c1-2-19-12-5-6-16-13(18-12)17-8-9-7-10(14)3-4-11(9)15/h3-7H,2,8H2,1H3,(H,16,17,18). The summed E-state index contributed by atoms with van der Waals surface area (Å²) in [5.74, 6) is 0.636. The van der Waals surface area contributed by atoms with Crippen molar-refractivity contribution in [2.45, 2.75) is 13.5 Å². The van der Waals surface area contributed by atoms with Gasteiger partial charge in [0.15, 0.2) is 0 Å². The number of nitrogens with zero attached hydrogens (tertiary/aromatic N) is 2. The van der Waals surface area contributed by atoms with E-state index in [-0.39, 0.29) is 5.82 Å². The van der Waals surface area contributed by atoms with Gasteiger partial charge in [0.1, 0.15) is 5.82 Å². The van der Waals surface area contributed by atoms with Gasteiger partial charge in [0.2, 0.25) is 11.8 Å². The van der Waals surface area contributed by atoms with Gasteiger partial charge in [-0.15, -0.1) is 0 Å². The fraction of sp³-hybridized carbons (Fsp3) is 0.231. The minimum atomic E-state index is -0.267. The fourth-order valence-electron chi connectivity index (χ4n) is 1.51. The number of halogens is 2. The fourth-order valence-corrected chi connectivity index (χ4v) is 1.92. The van der Waals surface area contributed by atoms with E-state index in [9.17, 15) is 4.39 Å². The van der Waals surface area contributed by atoms with Crippen molar-refractivity contribution in [2.75, 3.05) is 11.9 Å². The largest absolute Gasteiger partial charge is 0.478 e. The van der Waals surface area contributed by atoms with Gasteiger partial charge in [0.25, 0.3) is 0 Å². The Balaban J connectivity index is 2.05. The number of hydrogen-bond acceptors (Lipinski definition) is 4. The highest BCUT2D eigenvalue weighted by molar-refractivity contribution is 9.10. The molecule has 4 nitrogen and oxygen atoms in total. The van der Waals surface area contributed by atoms with Crippen molar-refractivity contribution in [3.63, 3.8) is 0 Å². The zero-order valence-corrected chi connectivity index (χ0v) is 11.9. The predicted octanol–water partition coefficient (Wildman–Crippen LogP) is 3.39. The molecule has 0 amide bonds. The molecule has 100 valence electrons. The van der Waals surface area contributed by atoms with Gasteiger partial charge in [-0.25, -0.2) is 9.37 Å². The quantitative estimate of drug-likeness (QED) is 0.915. The Morgan fingerprint density at radius 3 is 3.00 bits per heavy atom. The molecule has 2 rings (SSSR count). The van der Waals surface area contributed by atoms with Crippen molar-refractivity contribution in [1.82, 2.24) is 9.97 Å². The predicted molar refractivity (Wildman–Crippen MR) is 74.6 cm³/mol. The first-order valence-corrected chi connectivity index (χ1v) is 6.62. The molecule has 1 heterocycles. The molecule has 1 aromatic carbocycles. The van der Waals surface area contributed by atoms with Gasteiger partial charge in [-0.1, -0.05) is 15.9 Å². The lowest BCUT2D eigenvalue weighted by Crippen LogP contribution is -2.06. The summed E-state index contributed by atoms with van der Waals surface area (Å²) in [5, 5.41) is 2.96. The minimum absolute atomic E-state index is 0.267. The first-order chi connectivity index (χ1) is 9.19. The molecule has 1 N–H and O–H groups in total. The van der Waals surface area contributed by atoms with Crippen LogP contribution in [0.15, 0.2) is 34.9 Å². The van der Waals surface area contributed by atoms with Gasteiger partial charge in [-0.3, -0.25) is 0 Å². The van der Waals surface area contributed by atoms with E-state index in [2.05, 4.69) is 31.2 Å². The first-order valence-electron chi connectivity index (χ1n) is 5.82. The van der Waals surface area contributed by atoms with Crippen LogP contribution in [0.3, 0.4) is 0 Å². The molecule has 0 spiro atoms. The highest BCUT2D eigenvalue weighted by atomic mass is 79.9. The van der Waals surface area contributed by atoms with Crippen molar-refractivity contribution in [3.8, 4) is 5.88 Å². The summed E-state index contributed by atoms with van der Waals surface area (Å²) in [5.41, 5.74) is 0.541. The van der Waals surface area contributed by atoms with E-state index < -0.39 is 0 Å². The number of nitrogens with one attached hydrogen (secondary N) is 1. The molecule has 2 aromatic rings. The SMILES string of the molecule is CCOc1ccnc(NCc2cc(Br)ccc2F)n1. The molecule has 19 heavy (non-hydrogen) atoms. The second kappa shape index (κ2) is 6.47. The Morgan fingerprint density at radius 1 is 1.37 bits per heavy atom. The highest BCUT2D eigenvalue weighted by Crippen LogP contribution is 2.16. The molecule has 0 saturated carbocycles. The average Bonchev–Trinajstić information content (AvgIpc) is 2.41. The second-order valence-corrected chi connectivity index (χ2v) is 4.66. The van der Waals surface area contributed by atoms with Crippen molar-refractivity contribution >= 4 is 21.9 Å². The van der Waals surface area contributed by atoms with Gasteiger partial charge in [0, 0.05) is 28.8 Å². The topological polar surface area (TPSA) is 47.0 Å². The molecule has 0 atom stereocenters. The molecule has 0 aliphatic heterocycles. The van der Waals surface area contributed by atoms with E-state index in [0.29, 0.717) is 30.5 Å². The van der Waals surface area contributed by atoms with E-state index in [1.165, 1.54) is 6.07 Å². The van der Waals surface area contributed by atoms with Gasteiger partial charge in [-0.2, -0.15) is 4.98 Å². The number of hydrogen-bond donors (Lipinski definition) is 1. The van der Waals surface area contributed by atoms with Crippen molar-refractivity contribution in [2.24, 2.45) is 0 Å². The van der Waals surface area contributed by atoms with E-state index in [1.54, 1.807) is 24.4 Å². The Bertz CT molecular complexity index is 565. The van der Waals surface area contributed by atoms with E-state index in [1.807, 2.05) is 6.92 Å². The normalized spacial score (nSPS) is 10.3. The molecule has 0 aliphatic carbocycles. The van der Waals surface area contributed by atoms with Crippen LogP contribution in [0, 0.1) is 5.82 Å². The van der Waals surface area contributed by atoms with Gasteiger partial charge in [0.05, 0.1) is 6.61 Å². The summed E-state index contributed by atoms with van der Waals surface area (Å²) in [6.07, 6.45) is 1.59. The second-order valence-electron chi connectivity index (χ2n) is 3.74. The third kappa shape index (κ3) is 3.89. The molecule has 0 fully saturated rings. The van der Waals surface area contributed by atoms with Crippen molar-refractivity contribution in [1.29, 1.82) is 0 Å². The van der Waals surface area contributed by atoms with Gasteiger partial charge < -0.3 is 10.1 Å². The lowest BCUT2D eigenvalue weighted by molar-refractivity contribution is 0.326. The highest BCUT2D eigenvalue weighted by Gasteiger charge is 2.04. The van der Waals surface area contributed by atoms with Crippen LogP contribution in [-0.2, 0) is 6.54 Å². The maximum Gasteiger partial charge on any atom is 0.226 e. The monoisotopic (exact) mass is 325 g/mol. The zero-order valence-electron chi connectivity index (χ0n) is 10.4.